The molecule has 1 atom stereocenters. The van der Waals surface area contributed by atoms with E-state index >= 15 is 0 Å². The van der Waals surface area contributed by atoms with E-state index < -0.39 is 5.66 Å². The summed E-state index contributed by atoms with van der Waals surface area (Å²) in [7, 11) is 0. The molecule has 0 saturated carbocycles. The summed E-state index contributed by atoms with van der Waals surface area (Å²) in [6.45, 7) is 11.8. The summed E-state index contributed by atoms with van der Waals surface area (Å²) in [4.78, 5) is 14.9. The van der Waals surface area contributed by atoms with Crippen LogP contribution in [0.1, 0.15) is 62.3 Å². The lowest BCUT2D eigenvalue weighted by atomic mass is 9.74. The van der Waals surface area contributed by atoms with E-state index in [9.17, 15) is 4.79 Å². The van der Waals surface area contributed by atoms with Gasteiger partial charge in [0.2, 0.25) is 5.91 Å². The highest BCUT2D eigenvalue weighted by Gasteiger charge is 2.57. The Hall–Kier alpha value is -2.55. The number of rotatable bonds is 3. The third kappa shape index (κ3) is 2.76. The Morgan fingerprint density at radius 1 is 1.11 bits per heavy atom. The number of fused-ring (bicyclic) bond motifs is 3. The van der Waals surface area contributed by atoms with Crippen LogP contribution < -0.4 is 10.2 Å². The Kier molecular flexibility index (Phi) is 4.37. The van der Waals surface area contributed by atoms with Crippen LogP contribution in [-0.4, -0.2) is 18.1 Å². The van der Waals surface area contributed by atoms with Gasteiger partial charge in [0.05, 0.1) is 0 Å². The highest BCUT2D eigenvalue weighted by Crippen LogP contribution is 2.52. The van der Waals surface area contributed by atoms with Crippen molar-refractivity contribution in [3.8, 4) is 0 Å². The fourth-order valence-corrected chi connectivity index (χ4v) is 4.68. The predicted molar refractivity (Wildman–Crippen MR) is 117 cm³/mol. The maximum atomic E-state index is 12.5. The normalized spacial score (nSPS) is 23.1. The van der Waals surface area contributed by atoms with Crippen LogP contribution in [0.5, 0.6) is 0 Å². The molecule has 3 heteroatoms. The summed E-state index contributed by atoms with van der Waals surface area (Å²) in [6.07, 6.45) is 4.88. The second kappa shape index (κ2) is 6.51. The van der Waals surface area contributed by atoms with E-state index in [4.69, 9.17) is 0 Å². The number of anilines is 1. The highest BCUT2D eigenvalue weighted by molar-refractivity contribution is 5.84. The number of hydrogen-bond acceptors (Lipinski definition) is 2. The van der Waals surface area contributed by atoms with E-state index in [0.717, 1.165) is 12.1 Å². The first kappa shape index (κ1) is 18.8. The largest absolute Gasteiger partial charge is 0.344 e. The Morgan fingerprint density at radius 2 is 1.82 bits per heavy atom. The molecule has 1 saturated heterocycles. The molecule has 1 N–H and O–H groups in total. The minimum atomic E-state index is -0.546. The van der Waals surface area contributed by atoms with Crippen molar-refractivity contribution in [1.82, 2.24) is 5.32 Å². The van der Waals surface area contributed by atoms with Gasteiger partial charge >= 0.3 is 0 Å². The lowest BCUT2D eigenvalue weighted by molar-refractivity contribution is -0.124. The van der Waals surface area contributed by atoms with E-state index in [1.807, 2.05) is 0 Å². The summed E-state index contributed by atoms with van der Waals surface area (Å²) < 4.78 is 0. The van der Waals surface area contributed by atoms with Crippen molar-refractivity contribution in [2.75, 3.05) is 11.4 Å². The Balaban J connectivity index is 1.78. The Morgan fingerprint density at radius 3 is 2.50 bits per heavy atom. The van der Waals surface area contributed by atoms with Gasteiger partial charge in [0.1, 0.15) is 5.66 Å². The molecule has 0 aliphatic carbocycles. The number of carbonyl (C=O) groups is 1. The topological polar surface area (TPSA) is 32.3 Å². The van der Waals surface area contributed by atoms with Crippen LogP contribution in [0.25, 0.3) is 6.08 Å². The van der Waals surface area contributed by atoms with Gasteiger partial charge in [0.15, 0.2) is 0 Å². The van der Waals surface area contributed by atoms with Crippen LogP contribution in [0.2, 0.25) is 0 Å². The quantitative estimate of drug-likeness (QED) is 0.806. The van der Waals surface area contributed by atoms with Crippen molar-refractivity contribution < 1.29 is 4.79 Å². The van der Waals surface area contributed by atoms with Gasteiger partial charge in [0.25, 0.3) is 0 Å². The summed E-state index contributed by atoms with van der Waals surface area (Å²) >= 11 is 0. The molecule has 0 radical (unpaired) electrons. The van der Waals surface area contributed by atoms with Crippen LogP contribution in [-0.2, 0) is 10.2 Å². The average molecular weight is 375 g/mol. The van der Waals surface area contributed by atoms with Crippen molar-refractivity contribution >= 4 is 17.7 Å². The van der Waals surface area contributed by atoms with Gasteiger partial charge in [-0.25, -0.2) is 0 Å². The summed E-state index contributed by atoms with van der Waals surface area (Å²) in [5, 5.41) is 3.35. The summed E-state index contributed by atoms with van der Waals surface area (Å²) in [5.74, 6) is 0.643. The zero-order valence-corrected chi connectivity index (χ0v) is 17.5. The molecule has 1 unspecified atom stereocenters. The molecule has 28 heavy (non-hydrogen) atoms. The maximum Gasteiger partial charge on any atom is 0.223 e. The monoisotopic (exact) mass is 374 g/mol. The number of aryl methyl sites for hydroxylation is 1. The Labute approximate surface area is 168 Å². The smallest absolute Gasteiger partial charge is 0.223 e. The van der Waals surface area contributed by atoms with Crippen LogP contribution >= 0.6 is 0 Å². The van der Waals surface area contributed by atoms with Gasteiger partial charge in [-0.15, -0.1) is 0 Å². The standard InChI is InChI=1S/C25H30N2O/c1-17(2)20-9-7-19(8-10-20)12-14-25-24(4,5)21-16-18(3)6-11-22(21)27(25)15-13-23(28)26-25/h6-12,14,16-17H,13,15H2,1-5H3,(H,26,28). The molecule has 2 aliphatic rings. The molecule has 0 aromatic heterocycles. The van der Waals surface area contributed by atoms with Gasteiger partial charge in [-0.1, -0.05) is 75.7 Å². The number of nitrogens with zero attached hydrogens (tertiary/aromatic N) is 1. The molecule has 2 heterocycles. The molecule has 3 nitrogen and oxygen atoms in total. The first-order valence-corrected chi connectivity index (χ1v) is 10.2. The van der Waals surface area contributed by atoms with Crippen molar-refractivity contribution in [2.45, 2.75) is 58.0 Å². The predicted octanol–water partition coefficient (Wildman–Crippen LogP) is 5.15. The van der Waals surface area contributed by atoms with Gasteiger partial charge < -0.3 is 10.2 Å². The van der Waals surface area contributed by atoms with Gasteiger partial charge in [-0.3, -0.25) is 4.79 Å². The van der Waals surface area contributed by atoms with Crippen LogP contribution in [0, 0.1) is 6.92 Å². The van der Waals surface area contributed by atoms with Crippen LogP contribution in [0.3, 0.4) is 0 Å². The molecule has 1 fully saturated rings. The third-order valence-corrected chi connectivity index (χ3v) is 6.51. The number of carbonyl (C=O) groups excluding carboxylic acids is 1. The minimum Gasteiger partial charge on any atom is -0.344 e. The minimum absolute atomic E-state index is 0.119. The number of hydrogen-bond donors (Lipinski definition) is 1. The number of benzene rings is 2. The van der Waals surface area contributed by atoms with E-state index in [0.29, 0.717) is 12.3 Å². The molecule has 0 spiro atoms. The van der Waals surface area contributed by atoms with Crippen molar-refractivity contribution in [3.05, 3.63) is 70.8 Å². The fraction of sp³-hybridized carbons (Fsp3) is 0.400. The second-order valence-electron chi connectivity index (χ2n) is 9.02. The molecule has 2 aromatic carbocycles. The zero-order valence-electron chi connectivity index (χ0n) is 17.5. The molecular formula is C25H30N2O. The molecule has 2 aromatic rings. The van der Waals surface area contributed by atoms with E-state index in [1.54, 1.807) is 0 Å². The van der Waals surface area contributed by atoms with E-state index in [1.165, 1.54) is 22.4 Å². The first-order valence-electron chi connectivity index (χ1n) is 10.2. The average Bonchev–Trinajstić information content (AvgIpc) is 2.84. The highest BCUT2D eigenvalue weighted by atomic mass is 16.2. The number of nitrogens with one attached hydrogen (secondary N) is 1. The van der Waals surface area contributed by atoms with Gasteiger partial charge in [-0.2, -0.15) is 0 Å². The van der Waals surface area contributed by atoms with Gasteiger partial charge in [-0.05, 0) is 41.7 Å². The second-order valence-corrected chi connectivity index (χ2v) is 9.02. The Bertz CT molecular complexity index is 940. The molecule has 2 aliphatic heterocycles. The van der Waals surface area contributed by atoms with Gasteiger partial charge in [0, 0.05) is 24.1 Å². The molecule has 146 valence electrons. The summed E-state index contributed by atoms with van der Waals surface area (Å²) in [6, 6.07) is 15.3. The SMILES string of the molecule is Cc1ccc2c(c1)C(C)(C)C1(C=Cc3ccc(C(C)C)cc3)NC(=O)CCN21. The van der Waals surface area contributed by atoms with Crippen LogP contribution in [0.4, 0.5) is 5.69 Å². The number of amides is 1. The maximum absolute atomic E-state index is 12.5. The van der Waals surface area contributed by atoms with Crippen molar-refractivity contribution in [1.29, 1.82) is 0 Å². The van der Waals surface area contributed by atoms with Crippen molar-refractivity contribution in [3.63, 3.8) is 0 Å². The first-order chi connectivity index (χ1) is 13.2. The van der Waals surface area contributed by atoms with E-state index in [2.05, 4.69) is 99.5 Å². The third-order valence-electron chi connectivity index (χ3n) is 6.51. The van der Waals surface area contributed by atoms with Crippen LogP contribution in [0.15, 0.2) is 48.5 Å². The molecule has 1 amide bonds. The fourth-order valence-electron chi connectivity index (χ4n) is 4.68. The molecular weight excluding hydrogens is 344 g/mol. The lowest BCUT2D eigenvalue weighted by Crippen LogP contribution is -2.68. The lowest BCUT2D eigenvalue weighted by Gasteiger charge is -2.49. The zero-order chi connectivity index (χ0) is 20.1. The summed E-state index contributed by atoms with van der Waals surface area (Å²) in [5.41, 5.74) is 5.49. The van der Waals surface area contributed by atoms with Crippen molar-refractivity contribution in [2.24, 2.45) is 0 Å². The van der Waals surface area contributed by atoms with E-state index in [-0.39, 0.29) is 11.3 Å². The molecule has 4 rings (SSSR count). The molecule has 0 bridgehead atoms.